The summed E-state index contributed by atoms with van der Waals surface area (Å²) in [6.07, 6.45) is 5.41. The molecule has 0 saturated carbocycles. The van der Waals surface area contributed by atoms with Crippen molar-refractivity contribution in [2.24, 2.45) is 13.0 Å². The average Bonchev–Trinajstić information content (AvgIpc) is 3.34. The van der Waals surface area contributed by atoms with E-state index in [1.165, 1.54) is 12.0 Å². The molecule has 0 radical (unpaired) electrons. The number of rotatable bonds is 6. The predicted octanol–water partition coefficient (Wildman–Crippen LogP) is 2.62. The van der Waals surface area contributed by atoms with E-state index in [0.29, 0.717) is 18.1 Å². The molecule has 11 heteroatoms. The summed E-state index contributed by atoms with van der Waals surface area (Å²) < 4.78 is 51.4. The van der Waals surface area contributed by atoms with Crippen LogP contribution in [0.15, 0.2) is 12.4 Å². The highest BCUT2D eigenvalue weighted by atomic mass is 19.4. The van der Waals surface area contributed by atoms with Crippen LogP contribution >= 0.6 is 0 Å². The Morgan fingerprint density at radius 1 is 1.22 bits per heavy atom. The zero-order valence-electron chi connectivity index (χ0n) is 18.3. The topological polar surface area (TPSA) is 86.0 Å². The van der Waals surface area contributed by atoms with Crippen LogP contribution in [0.1, 0.15) is 37.7 Å². The molecule has 182 valence electrons. The minimum Gasteiger partial charge on any atom is -0.475 e. The molecule has 32 heavy (non-hydrogen) atoms. The Morgan fingerprint density at radius 3 is 2.56 bits per heavy atom. The highest BCUT2D eigenvalue weighted by Gasteiger charge is 2.40. The van der Waals surface area contributed by atoms with E-state index in [1.54, 1.807) is 0 Å². The third kappa shape index (κ3) is 7.43. The van der Waals surface area contributed by atoms with Crippen molar-refractivity contribution in [1.82, 2.24) is 14.7 Å². The van der Waals surface area contributed by atoms with Crippen LogP contribution in [0.4, 0.5) is 13.2 Å². The predicted molar refractivity (Wildman–Crippen MR) is 108 cm³/mol. The number of hydrogen-bond donors (Lipinski definition) is 1. The maximum Gasteiger partial charge on any atom is 0.490 e. The average molecular weight is 463 g/mol. The van der Waals surface area contributed by atoms with E-state index in [2.05, 4.69) is 16.2 Å². The van der Waals surface area contributed by atoms with E-state index in [1.807, 2.05) is 17.9 Å². The number of aryl methyl sites for hydroxylation is 1. The first-order valence-corrected chi connectivity index (χ1v) is 11.0. The fourth-order valence-corrected chi connectivity index (χ4v) is 4.47. The second kappa shape index (κ2) is 11.4. The standard InChI is InChI=1S/C19H31N3O3.C2HF3O2/c1-21-11-16(10-20-21)12-22-7-4-19-18(22)3-2-17(25-19)14-24-13-15-5-8-23-9-6-15;3-2(4,5)1(6)7/h10-11,15,17-19H,2-9,12-14H2,1H3;(H,6,7)/t17-,18-,19-;/m1./s1. The van der Waals surface area contributed by atoms with Gasteiger partial charge in [-0.15, -0.1) is 0 Å². The normalized spacial score (nSPS) is 26.9. The number of carboxylic acids is 1. The molecular formula is C21H32F3N3O5. The molecule has 0 bridgehead atoms. The number of ether oxygens (including phenoxy) is 3. The van der Waals surface area contributed by atoms with Crippen LogP contribution in [-0.4, -0.2) is 83.2 Å². The number of likely N-dealkylation sites (tertiary alicyclic amines) is 1. The maximum absolute atomic E-state index is 10.6. The summed E-state index contributed by atoms with van der Waals surface area (Å²) in [5.74, 6) is -2.08. The van der Waals surface area contributed by atoms with Gasteiger partial charge in [0.15, 0.2) is 0 Å². The maximum atomic E-state index is 10.6. The monoisotopic (exact) mass is 463 g/mol. The minimum atomic E-state index is -5.08. The van der Waals surface area contributed by atoms with Crippen molar-refractivity contribution < 1.29 is 37.3 Å². The van der Waals surface area contributed by atoms with Crippen molar-refractivity contribution in [3.63, 3.8) is 0 Å². The Kier molecular flexibility index (Phi) is 8.92. The van der Waals surface area contributed by atoms with Crippen LogP contribution in [0.2, 0.25) is 0 Å². The molecule has 3 saturated heterocycles. The number of aromatic nitrogens is 2. The quantitative estimate of drug-likeness (QED) is 0.694. The van der Waals surface area contributed by atoms with E-state index in [0.717, 1.165) is 65.2 Å². The number of aliphatic carboxylic acids is 1. The van der Waals surface area contributed by atoms with Crippen molar-refractivity contribution in [2.45, 2.75) is 63.1 Å². The lowest BCUT2D eigenvalue weighted by Gasteiger charge is -2.36. The van der Waals surface area contributed by atoms with E-state index in [9.17, 15) is 13.2 Å². The number of carbonyl (C=O) groups is 1. The lowest BCUT2D eigenvalue weighted by atomic mass is 9.99. The first-order chi connectivity index (χ1) is 15.2. The second-order valence-electron chi connectivity index (χ2n) is 8.62. The van der Waals surface area contributed by atoms with Crippen molar-refractivity contribution in [3.05, 3.63) is 18.0 Å². The third-order valence-electron chi connectivity index (χ3n) is 6.14. The van der Waals surface area contributed by atoms with Gasteiger partial charge in [0.2, 0.25) is 0 Å². The van der Waals surface area contributed by atoms with Gasteiger partial charge in [0.05, 0.1) is 25.0 Å². The van der Waals surface area contributed by atoms with Crippen LogP contribution in [0.3, 0.4) is 0 Å². The molecule has 0 amide bonds. The summed E-state index contributed by atoms with van der Waals surface area (Å²) in [6, 6.07) is 0.562. The van der Waals surface area contributed by atoms with Crippen LogP contribution in [0, 0.1) is 5.92 Å². The van der Waals surface area contributed by atoms with Gasteiger partial charge in [0.1, 0.15) is 0 Å². The second-order valence-corrected chi connectivity index (χ2v) is 8.62. The van der Waals surface area contributed by atoms with Gasteiger partial charge >= 0.3 is 12.1 Å². The molecule has 3 aliphatic heterocycles. The fourth-order valence-electron chi connectivity index (χ4n) is 4.47. The van der Waals surface area contributed by atoms with Gasteiger partial charge in [0, 0.05) is 57.8 Å². The molecule has 3 fully saturated rings. The minimum absolute atomic E-state index is 0.277. The fraction of sp³-hybridized carbons (Fsp3) is 0.810. The first kappa shape index (κ1) is 24.9. The molecular weight excluding hydrogens is 431 g/mol. The summed E-state index contributed by atoms with van der Waals surface area (Å²) in [5.41, 5.74) is 1.30. The molecule has 4 heterocycles. The lowest BCUT2D eigenvalue weighted by molar-refractivity contribution is -0.192. The number of carboxylic acid groups (broad SMARTS) is 1. The molecule has 0 aromatic carbocycles. The van der Waals surface area contributed by atoms with Crippen LogP contribution in [0.25, 0.3) is 0 Å². The molecule has 1 aromatic heterocycles. The molecule has 3 atom stereocenters. The van der Waals surface area contributed by atoms with Crippen molar-refractivity contribution in [2.75, 3.05) is 33.0 Å². The molecule has 8 nitrogen and oxygen atoms in total. The van der Waals surface area contributed by atoms with Gasteiger partial charge in [-0.3, -0.25) is 9.58 Å². The smallest absolute Gasteiger partial charge is 0.475 e. The van der Waals surface area contributed by atoms with Crippen LogP contribution in [-0.2, 0) is 32.6 Å². The van der Waals surface area contributed by atoms with Gasteiger partial charge in [-0.25, -0.2) is 4.79 Å². The Morgan fingerprint density at radius 2 is 1.94 bits per heavy atom. The third-order valence-corrected chi connectivity index (χ3v) is 6.14. The number of halogens is 3. The Bertz CT molecular complexity index is 724. The van der Waals surface area contributed by atoms with Crippen molar-refractivity contribution in [1.29, 1.82) is 0 Å². The van der Waals surface area contributed by atoms with E-state index < -0.39 is 12.1 Å². The number of nitrogens with zero attached hydrogens (tertiary/aromatic N) is 3. The van der Waals surface area contributed by atoms with Gasteiger partial charge in [-0.1, -0.05) is 0 Å². The summed E-state index contributed by atoms with van der Waals surface area (Å²) >= 11 is 0. The lowest BCUT2D eigenvalue weighted by Crippen LogP contribution is -2.43. The van der Waals surface area contributed by atoms with E-state index in [-0.39, 0.29) is 6.10 Å². The summed E-state index contributed by atoms with van der Waals surface area (Å²) in [6.45, 7) is 5.52. The van der Waals surface area contributed by atoms with Gasteiger partial charge in [-0.05, 0) is 38.0 Å². The number of fused-ring (bicyclic) bond motifs is 1. The number of alkyl halides is 3. The van der Waals surface area contributed by atoms with Crippen molar-refractivity contribution >= 4 is 5.97 Å². The SMILES string of the molecule is Cn1cc(CN2CC[C@H]3O[C@@H](COCC4CCOCC4)CC[C@H]32)cn1.O=C(O)C(F)(F)F. The van der Waals surface area contributed by atoms with E-state index >= 15 is 0 Å². The van der Waals surface area contributed by atoms with Crippen LogP contribution in [0.5, 0.6) is 0 Å². The first-order valence-electron chi connectivity index (χ1n) is 11.0. The van der Waals surface area contributed by atoms with E-state index in [4.69, 9.17) is 24.1 Å². The summed E-state index contributed by atoms with van der Waals surface area (Å²) in [4.78, 5) is 11.5. The molecule has 0 unspecified atom stereocenters. The Hall–Kier alpha value is -1.69. The van der Waals surface area contributed by atoms with Gasteiger partial charge in [0.25, 0.3) is 0 Å². The highest BCUT2D eigenvalue weighted by molar-refractivity contribution is 5.73. The molecule has 0 spiro atoms. The van der Waals surface area contributed by atoms with Gasteiger partial charge < -0.3 is 19.3 Å². The number of hydrogen-bond acceptors (Lipinski definition) is 6. The Balaban J connectivity index is 0.000000360. The Labute approximate surface area is 185 Å². The van der Waals surface area contributed by atoms with Gasteiger partial charge in [-0.2, -0.15) is 18.3 Å². The highest BCUT2D eigenvalue weighted by Crippen LogP contribution is 2.32. The molecule has 0 aliphatic carbocycles. The molecule has 4 rings (SSSR count). The zero-order chi connectivity index (χ0) is 23.1. The zero-order valence-corrected chi connectivity index (χ0v) is 18.3. The van der Waals surface area contributed by atoms with Crippen LogP contribution < -0.4 is 0 Å². The van der Waals surface area contributed by atoms with Crippen molar-refractivity contribution in [3.8, 4) is 0 Å². The largest absolute Gasteiger partial charge is 0.490 e. The molecule has 3 aliphatic rings. The molecule has 1 aromatic rings. The summed E-state index contributed by atoms with van der Waals surface area (Å²) in [5, 5.41) is 11.4. The summed E-state index contributed by atoms with van der Waals surface area (Å²) in [7, 11) is 1.98. The molecule has 1 N–H and O–H groups in total.